The molecule has 0 aromatic carbocycles. The van der Waals surface area contributed by atoms with E-state index in [0.717, 1.165) is 23.5 Å². The first-order valence-electron chi connectivity index (χ1n) is 5.01. The summed E-state index contributed by atoms with van der Waals surface area (Å²) in [6.45, 7) is 6.31. The Bertz CT molecular complexity index is 309. The lowest BCUT2D eigenvalue weighted by Crippen LogP contribution is -2.28. The summed E-state index contributed by atoms with van der Waals surface area (Å²) < 4.78 is 0. The van der Waals surface area contributed by atoms with Crippen LogP contribution in [0, 0.1) is 6.92 Å². The molecule has 0 aliphatic rings. The third kappa shape index (κ3) is 2.16. The summed E-state index contributed by atoms with van der Waals surface area (Å²) in [6, 6.07) is 2.42. The van der Waals surface area contributed by atoms with Gasteiger partial charge in [0.1, 0.15) is 5.82 Å². The molecule has 78 valence electrons. The molecular formula is C11H19N3. The van der Waals surface area contributed by atoms with Crippen molar-refractivity contribution < 1.29 is 0 Å². The molecule has 3 nitrogen and oxygen atoms in total. The van der Waals surface area contributed by atoms with Crippen LogP contribution in [0.3, 0.4) is 0 Å². The van der Waals surface area contributed by atoms with Gasteiger partial charge in [0, 0.05) is 31.0 Å². The Balaban J connectivity index is 2.91. The maximum absolute atomic E-state index is 5.83. The first-order chi connectivity index (χ1) is 6.56. The SMILES string of the molecule is CCC(C)N(C)c1cc(N)c(C)cn1. The van der Waals surface area contributed by atoms with Gasteiger partial charge in [-0.2, -0.15) is 0 Å². The summed E-state index contributed by atoms with van der Waals surface area (Å²) in [6.07, 6.45) is 2.93. The van der Waals surface area contributed by atoms with Gasteiger partial charge in [0.15, 0.2) is 0 Å². The summed E-state index contributed by atoms with van der Waals surface area (Å²) in [7, 11) is 2.05. The van der Waals surface area contributed by atoms with Gasteiger partial charge in [-0.25, -0.2) is 4.98 Å². The Kier molecular flexibility index (Phi) is 3.33. The van der Waals surface area contributed by atoms with Crippen LogP contribution >= 0.6 is 0 Å². The molecule has 0 aliphatic carbocycles. The van der Waals surface area contributed by atoms with E-state index in [9.17, 15) is 0 Å². The molecule has 1 unspecified atom stereocenters. The molecule has 14 heavy (non-hydrogen) atoms. The second kappa shape index (κ2) is 4.31. The highest BCUT2D eigenvalue weighted by Gasteiger charge is 2.09. The largest absolute Gasteiger partial charge is 0.398 e. The van der Waals surface area contributed by atoms with Crippen molar-refractivity contribution in [2.45, 2.75) is 33.2 Å². The van der Waals surface area contributed by atoms with Gasteiger partial charge in [0.25, 0.3) is 0 Å². The van der Waals surface area contributed by atoms with Crippen LogP contribution in [-0.2, 0) is 0 Å². The lowest BCUT2D eigenvalue weighted by Gasteiger charge is -2.25. The van der Waals surface area contributed by atoms with E-state index in [1.54, 1.807) is 0 Å². The number of aryl methyl sites for hydroxylation is 1. The second-order valence-corrected chi connectivity index (χ2v) is 3.77. The Morgan fingerprint density at radius 1 is 1.57 bits per heavy atom. The lowest BCUT2D eigenvalue weighted by molar-refractivity contribution is 0.657. The molecule has 0 amide bonds. The molecule has 1 rings (SSSR count). The number of rotatable bonds is 3. The van der Waals surface area contributed by atoms with E-state index in [0.29, 0.717) is 6.04 Å². The maximum atomic E-state index is 5.83. The first kappa shape index (κ1) is 10.8. The lowest BCUT2D eigenvalue weighted by atomic mass is 10.2. The molecular weight excluding hydrogens is 174 g/mol. The number of nitrogen functional groups attached to an aromatic ring is 1. The minimum Gasteiger partial charge on any atom is -0.398 e. The minimum atomic E-state index is 0.490. The normalized spacial score (nSPS) is 12.6. The summed E-state index contributed by atoms with van der Waals surface area (Å²) in [5, 5.41) is 0. The van der Waals surface area contributed by atoms with Crippen molar-refractivity contribution in [1.29, 1.82) is 0 Å². The van der Waals surface area contributed by atoms with Gasteiger partial charge in [-0.1, -0.05) is 6.92 Å². The van der Waals surface area contributed by atoms with Crippen LogP contribution in [0.25, 0.3) is 0 Å². The minimum absolute atomic E-state index is 0.490. The van der Waals surface area contributed by atoms with Crippen molar-refractivity contribution in [3.05, 3.63) is 17.8 Å². The fourth-order valence-corrected chi connectivity index (χ4v) is 1.22. The van der Waals surface area contributed by atoms with Crippen molar-refractivity contribution >= 4 is 11.5 Å². The van der Waals surface area contributed by atoms with Gasteiger partial charge in [-0.15, -0.1) is 0 Å². The standard InChI is InChI=1S/C11H19N3/c1-5-9(3)14(4)11-6-10(12)8(2)7-13-11/h6-7,9H,5H2,1-4H3,(H2,12,13). The van der Waals surface area contributed by atoms with Crippen molar-refractivity contribution in [2.24, 2.45) is 0 Å². The van der Waals surface area contributed by atoms with Crippen LogP contribution in [0.4, 0.5) is 11.5 Å². The van der Waals surface area contributed by atoms with Gasteiger partial charge in [0.05, 0.1) is 0 Å². The van der Waals surface area contributed by atoms with E-state index in [2.05, 4.69) is 23.7 Å². The smallest absolute Gasteiger partial charge is 0.130 e. The van der Waals surface area contributed by atoms with Gasteiger partial charge in [-0.3, -0.25) is 0 Å². The summed E-state index contributed by atoms with van der Waals surface area (Å²) >= 11 is 0. The fourth-order valence-electron chi connectivity index (χ4n) is 1.22. The van der Waals surface area contributed by atoms with E-state index < -0.39 is 0 Å². The molecule has 3 heteroatoms. The summed E-state index contributed by atoms with van der Waals surface area (Å²) in [4.78, 5) is 6.50. The molecule has 1 aromatic rings. The molecule has 2 N–H and O–H groups in total. The quantitative estimate of drug-likeness (QED) is 0.800. The molecule has 0 saturated carbocycles. The van der Waals surface area contributed by atoms with E-state index in [4.69, 9.17) is 5.73 Å². The zero-order valence-electron chi connectivity index (χ0n) is 9.41. The monoisotopic (exact) mass is 193 g/mol. The molecule has 0 radical (unpaired) electrons. The van der Waals surface area contributed by atoms with Crippen LogP contribution in [0.1, 0.15) is 25.8 Å². The van der Waals surface area contributed by atoms with E-state index in [1.165, 1.54) is 0 Å². The van der Waals surface area contributed by atoms with Gasteiger partial charge in [-0.05, 0) is 25.8 Å². The number of pyridine rings is 1. The molecule has 0 bridgehead atoms. The second-order valence-electron chi connectivity index (χ2n) is 3.77. The van der Waals surface area contributed by atoms with E-state index in [-0.39, 0.29) is 0 Å². The third-order valence-electron chi connectivity index (χ3n) is 2.74. The molecule has 0 aliphatic heterocycles. The number of hydrogen-bond donors (Lipinski definition) is 1. The van der Waals surface area contributed by atoms with Crippen molar-refractivity contribution in [2.75, 3.05) is 17.7 Å². The molecule has 0 fully saturated rings. The molecule has 0 saturated heterocycles. The Labute approximate surface area is 85.9 Å². The number of aromatic nitrogens is 1. The molecule has 0 spiro atoms. The molecule has 1 heterocycles. The van der Waals surface area contributed by atoms with Crippen LogP contribution in [0.15, 0.2) is 12.3 Å². The Hall–Kier alpha value is -1.25. The topological polar surface area (TPSA) is 42.1 Å². The maximum Gasteiger partial charge on any atom is 0.130 e. The number of nitrogens with zero attached hydrogens (tertiary/aromatic N) is 2. The van der Waals surface area contributed by atoms with Crippen LogP contribution in [0.5, 0.6) is 0 Å². The predicted molar refractivity (Wildman–Crippen MR) is 61.5 cm³/mol. The zero-order valence-corrected chi connectivity index (χ0v) is 9.41. The summed E-state index contributed by atoms with van der Waals surface area (Å²) in [5.41, 5.74) is 7.68. The number of nitrogens with two attached hydrogens (primary N) is 1. The van der Waals surface area contributed by atoms with Crippen LogP contribution in [-0.4, -0.2) is 18.1 Å². The Morgan fingerprint density at radius 2 is 2.21 bits per heavy atom. The van der Waals surface area contributed by atoms with Gasteiger partial charge in [0.2, 0.25) is 0 Å². The predicted octanol–water partition coefficient (Wildman–Crippen LogP) is 2.21. The highest BCUT2D eigenvalue weighted by atomic mass is 15.2. The van der Waals surface area contributed by atoms with Crippen LogP contribution < -0.4 is 10.6 Å². The average Bonchev–Trinajstić information content (AvgIpc) is 2.20. The average molecular weight is 193 g/mol. The summed E-state index contributed by atoms with van der Waals surface area (Å²) in [5.74, 6) is 0.947. The van der Waals surface area contributed by atoms with Crippen molar-refractivity contribution in [3.63, 3.8) is 0 Å². The highest BCUT2D eigenvalue weighted by Crippen LogP contribution is 2.18. The molecule has 1 aromatic heterocycles. The van der Waals surface area contributed by atoms with E-state index >= 15 is 0 Å². The van der Waals surface area contributed by atoms with E-state index in [1.807, 2.05) is 26.2 Å². The van der Waals surface area contributed by atoms with Crippen molar-refractivity contribution in [3.8, 4) is 0 Å². The zero-order chi connectivity index (χ0) is 10.7. The highest BCUT2D eigenvalue weighted by molar-refractivity contribution is 5.54. The van der Waals surface area contributed by atoms with Gasteiger partial charge < -0.3 is 10.6 Å². The Morgan fingerprint density at radius 3 is 2.71 bits per heavy atom. The van der Waals surface area contributed by atoms with Gasteiger partial charge >= 0.3 is 0 Å². The number of anilines is 2. The number of hydrogen-bond acceptors (Lipinski definition) is 3. The molecule has 1 atom stereocenters. The fraction of sp³-hybridized carbons (Fsp3) is 0.545. The van der Waals surface area contributed by atoms with Crippen LogP contribution in [0.2, 0.25) is 0 Å². The third-order valence-corrected chi connectivity index (χ3v) is 2.74. The van der Waals surface area contributed by atoms with Crippen molar-refractivity contribution in [1.82, 2.24) is 4.98 Å². The first-order valence-corrected chi connectivity index (χ1v) is 5.01.